The zero-order valence-electron chi connectivity index (χ0n) is 18.2. The van der Waals surface area contributed by atoms with Gasteiger partial charge in [0, 0.05) is 43.9 Å². The summed E-state index contributed by atoms with van der Waals surface area (Å²) in [5, 5.41) is 5.66. The van der Waals surface area contributed by atoms with Crippen molar-refractivity contribution in [2.45, 2.75) is 61.4 Å². The summed E-state index contributed by atoms with van der Waals surface area (Å²) in [6.07, 6.45) is 2.28. The highest BCUT2D eigenvalue weighted by Gasteiger charge is 2.53. The van der Waals surface area contributed by atoms with Gasteiger partial charge in [-0.3, -0.25) is 14.4 Å². The predicted molar refractivity (Wildman–Crippen MR) is 121 cm³/mol. The SMILES string of the molecule is CC(=O)Nc1ccc(S(=O)(=O)N2CCC(NC(=O)[C@H]3CS[C@@]4(C)CCC(=O)N34)CC2)cc1. The minimum atomic E-state index is -3.65. The number of sulfonamides is 1. The third kappa shape index (κ3) is 4.38. The Kier molecular flexibility index (Phi) is 6.25. The van der Waals surface area contributed by atoms with E-state index in [-0.39, 0.29) is 33.5 Å². The molecule has 32 heavy (non-hydrogen) atoms. The molecule has 0 unspecified atom stereocenters. The number of carbonyl (C=O) groups is 3. The highest BCUT2D eigenvalue weighted by Crippen LogP contribution is 2.47. The molecule has 3 saturated heterocycles. The average molecular weight is 481 g/mol. The van der Waals surface area contributed by atoms with Crippen LogP contribution in [0, 0.1) is 0 Å². The number of fused-ring (bicyclic) bond motifs is 1. The molecule has 3 heterocycles. The summed E-state index contributed by atoms with van der Waals surface area (Å²) >= 11 is 1.66. The van der Waals surface area contributed by atoms with Gasteiger partial charge in [-0.1, -0.05) is 0 Å². The number of nitrogens with zero attached hydrogens (tertiary/aromatic N) is 2. The Hall–Kier alpha value is -2.11. The first-order chi connectivity index (χ1) is 15.1. The first kappa shape index (κ1) is 23.1. The van der Waals surface area contributed by atoms with Crippen LogP contribution >= 0.6 is 11.8 Å². The van der Waals surface area contributed by atoms with Crippen LogP contribution in [0.15, 0.2) is 29.2 Å². The minimum absolute atomic E-state index is 0.0306. The van der Waals surface area contributed by atoms with Gasteiger partial charge >= 0.3 is 0 Å². The topological polar surface area (TPSA) is 116 Å². The lowest BCUT2D eigenvalue weighted by molar-refractivity contribution is -0.138. The van der Waals surface area contributed by atoms with Crippen LogP contribution in [0.3, 0.4) is 0 Å². The van der Waals surface area contributed by atoms with Crippen molar-refractivity contribution in [3.63, 3.8) is 0 Å². The first-order valence-electron chi connectivity index (χ1n) is 10.7. The van der Waals surface area contributed by atoms with Crippen molar-refractivity contribution < 1.29 is 22.8 Å². The molecular weight excluding hydrogens is 452 g/mol. The van der Waals surface area contributed by atoms with Crippen LogP contribution in [0.4, 0.5) is 5.69 Å². The third-order valence-corrected chi connectivity index (χ3v) is 9.78. The molecule has 3 aliphatic rings. The number of amides is 3. The van der Waals surface area contributed by atoms with Crippen molar-refractivity contribution in [2.24, 2.45) is 0 Å². The standard InChI is InChI=1S/C21H28N4O5S2/c1-14(26)22-15-3-5-17(6-4-15)32(29,30)24-11-8-16(9-12-24)23-20(28)18-13-31-21(2)10-7-19(27)25(18)21/h3-6,16,18H,7-13H2,1-2H3,(H,22,26)(H,23,28)/t18-,21+/m1/s1. The Labute approximate surface area is 192 Å². The van der Waals surface area contributed by atoms with Gasteiger partial charge in [-0.25, -0.2) is 8.42 Å². The molecule has 2 N–H and O–H groups in total. The van der Waals surface area contributed by atoms with Crippen LogP contribution < -0.4 is 10.6 Å². The number of hydrogen-bond donors (Lipinski definition) is 2. The van der Waals surface area contributed by atoms with Gasteiger partial charge in [0.2, 0.25) is 27.7 Å². The normalized spacial score (nSPS) is 26.8. The average Bonchev–Trinajstić information content (AvgIpc) is 3.24. The van der Waals surface area contributed by atoms with E-state index in [9.17, 15) is 22.8 Å². The van der Waals surface area contributed by atoms with Crippen LogP contribution in [0.1, 0.15) is 39.5 Å². The Morgan fingerprint density at radius 1 is 1.16 bits per heavy atom. The van der Waals surface area contributed by atoms with Gasteiger partial charge in [-0.15, -0.1) is 11.8 Å². The summed E-state index contributed by atoms with van der Waals surface area (Å²) in [7, 11) is -3.65. The number of hydrogen-bond acceptors (Lipinski definition) is 6. The van der Waals surface area contributed by atoms with Crippen molar-refractivity contribution >= 4 is 45.2 Å². The lowest BCUT2D eigenvalue weighted by Crippen LogP contribution is -2.54. The van der Waals surface area contributed by atoms with Gasteiger partial charge in [-0.2, -0.15) is 4.31 Å². The lowest BCUT2D eigenvalue weighted by atomic mass is 10.1. The molecule has 0 aliphatic carbocycles. The van der Waals surface area contributed by atoms with Crippen LogP contribution in [-0.2, 0) is 24.4 Å². The summed E-state index contributed by atoms with van der Waals surface area (Å²) < 4.78 is 27.3. The summed E-state index contributed by atoms with van der Waals surface area (Å²) in [6.45, 7) is 4.02. The summed E-state index contributed by atoms with van der Waals surface area (Å²) in [5.74, 6) is 0.254. The zero-order chi connectivity index (χ0) is 23.1. The fraction of sp³-hybridized carbons (Fsp3) is 0.571. The van der Waals surface area contributed by atoms with Crippen LogP contribution in [0.25, 0.3) is 0 Å². The van der Waals surface area contributed by atoms with Crippen LogP contribution in [-0.4, -0.2) is 71.1 Å². The second-order valence-electron chi connectivity index (χ2n) is 8.66. The lowest BCUT2D eigenvalue weighted by Gasteiger charge is -2.34. The van der Waals surface area contributed by atoms with Crippen molar-refractivity contribution in [3.8, 4) is 0 Å². The highest BCUT2D eigenvalue weighted by molar-refractivity contribution is 8.01. The molecule has 3 aliphatic heterocycles. The molecule has 4 rings (SSSR count). The molecule has 1 aromatic rings. The molecule has 2 atom stereocenters. The number of thioether (sulfide) groups is 1. The molecule has 0 radical (unpaired) electrons. The fourth-order valence-electron chi connectivity index (χ4n) is 4.62. The molecule has 0 aromatic heterocycles. The molecule has 174 valence electrons. The summed E-state index contributed by atoms with van der Waals surface area (Å²) in [5.41, 5.74) is 0.538. The molecule has 3 fully saturated rings. The van der Waals surface area contributed by atoms with Crippen molar-refractivity contribution in [1.29, 1.82) is 0 Å². The molecular formula is C21H28N4O5S2. The highest BCUT2D eigenvalue weighted by atomic mass is 32.2. The van der Waals surface area contributed by atoms with Crippen molar-refractivity contribution in [1.82, 2.24) is 14.5 Å². The Morgan fingerprint density at radius 2 is 1.81 bits per heavy atom. The van der Waals surface area contributed by atoms with Gasteiger partial charge in [0.25, 0.3) is 0 Å². The van der Waals surface area contributed by atoms with E-state index in [2.05, 4.69) is 10.6 Å². The fourth-order valence-corrected chi connectivity index (χ4v) is 7.52. The first-order valence-corrected chi connectivity index (χ1v) is 13.2. The summed E-state index contributed by atoms with van der Waals surface area (Å²) in [6, 6.07) is 5.52. The Morgan fingerprint density at radius 3 is 2.44 bits per heavy atom. The van der Waals surface area contributed by atoms with Crippen LogP contribution in [0.5, 0.6) is 0 Å². The van der Waals surface area contributed by atoms with E-state index < -0.39 is 16.1 Å². The number of anilines is 1. The zero-order valence-corrected chi connectivity index (χ0v) is 19.8. The van der Waals surface area contributed by atoms with E-state index in [0.717, 1.165) is 6.42 Å². The second kappa shape index (κ2) is 8.68. The second-order valence-corrected chi connectivity index (χ2v) is 12.1. The number of benzene rings is 1. The maximum Gasteiger partial charge on any atom is 0.243 e. The van der Waals surface area contributed by atoms with Gasteiger partial charge in [-0.05, 0) is 50.5 Å². The largest absolute Gasteiger partial charge is 0.351 e. The molecule has 0 saturated carbocycles. The molecule has 0 bridgehead atoms. The van der Waals surface area contributed by atoms with E-state index in [4.69, 9.17) is 0 Å². The molecule has 9 nitrogen and oxygen atoms in total. The Balaban J connectivity index is 1.33. The monoisotopic (exact) mass is 480 g/mol. The maximum atomic E-state index is 13.0. The van der Waals surface area contributed by atoms with E-state index in [1.165, 1.54) is 23.4 Å². The molecule has 11 heteroatoms. The minimum Gasteiger partial charge on any atom is -0.351 e. The van der Waals surface area contributed by atoms with E-state index in [1.807, 2.05) is 6.92 Å². The van der Waals surface area contributed by atoms with Gasteiger partial charge in [0.05, 0.1) is 9.77 Å². The van der Waals surface area contributed by atoms with Crippen molar-refractivity contribution in [2.75, 3.05) is 24.2 Å². The predicted octanol–water partition coefficient (Wildman–Crippen LogP) is 1.37. The maximum absolute atomic E-state index is 13.0. The third-order valence-electron chi connectivity index (χ3n) is 6.36. The van der Waals surface area contributed by atoms with Crippen LogP contribution in [0.2, 0.25) is 0 Å². The van der Waals surface area contributed by atoms with E-state index in [0.29, 0.717) is 43.8 Å². The number of carbonyl (C=O) groups excluding carboxylic acids is 3. The van der Waals surface area contributed by atoms with Gasteiger partial charge < -0.3 is 15.5 Å². The summed E-state index contributed by atoms with van der Waals surface area (Å²) in [4.78, 5) is 37.9. The van der Waals surface area contributed by atoms with Crippen molar-refractivity contribution in [3.05, 3.63) is 24.3 Å². The van der Waals surface area contributed by atoms with E-state index >= 15 is 0 Å². The molecule has 3 amide bonds. The quantitative estimate of drug-likeness (QED) is 0.658. The smallest absolute Gasteiger partial charge is 0.243 e. The molecule has 1 aromatic carbocycles. The van der Waals surface area contributed by atoms with E-state index in [1.54, 1.807) is 28.8 Å². The number of nitrogens with one attached hydrogen (secondary N) is 2. The molecule has 0 spiro atoms. The van der Waals surface area contributed by atoms with Gasteiger partial charge in [0.15, 0.2) is 0 Å². The number of rotatable bonds is 5. The number of piperidine rings is 1. The Bertz CT molecular complexity index is 1020. The van der Waals surface area contributed by atoms with Gasteiger partial charge in [0.1, 0.15) is 6.04 Å².